The van der Waals surface area contributed by atoms with Gasteiger partial charge in [0, 0.05) is 22.5 Å². The summed E-state index contributed by atoms with van der Waals surface area (Å²) < 4.78 is 12.9. The van der Waals surface area contributed by atoms with Gasteiger partial charge in [-0.25, -0.2) is 4.39 Å². The first kappa shape index (κ1) is 14.0. The first-order chi connectivity index (χ1) is 6.63. The van der Waals surface area contributed by atoms with Crippen LogP contribution < -0.4 is 5.73 Å². The number of benzene rings is 1. The maximum absolute atomic E-state index is 12.9. The van der Waals surface area contributed by atoms with E-state index in [1.54, 1.807) is 6.07 Å². The van der Waals surface area contributed by atoms with Crippen molar-refractivity contribution in [3.8, 4) is 0 Å². The van der Waals surface area contributed by atoms with Gasteiger partial charge in [-0.3, -0.25) is 0 Å². The van der Waals surface area contributed by atoms with Gasteiger partial charge in [0.1, 0.15) is 5.82 Å². The van der Waals surface area contributed by atoms with Crippen LogP contribution >= 0.6 is 24.0 Å². The highest BCUT2D eigenvalue weighted by Gasteiger charge is 2.07. The predicted octanol–water partition coefficient (Wildman–Crippen LogP) is 3.21. The molecule has 1 atom stereocenters. The third kappa shape index (κ3) is 4.36. The van der Waals surface area contributed by atoms with E-state index < -0.39 is 11.9 Å². The highest BCUT2D eigenvalue weighted by Crippen LogP contribution is 2.18. The van der Waals surface area contributed by atoms with E-state index in [9.17, 15) is 4.39 Å². The lowest BCUT2D eigenvalue weighted by molar-refractivity contribution is 0.620. The normalized spacial score (nSPS) is 11.1. The van der Waals surface area contributed by atoms with Crippen LogP contribution in [0.5, 0.6) is 0 Å². The van der Waals surface area contributed by atoms with Gasteiger partial charge in [-0.2, -0.15) is 0 Å². The third-order valence-electron chi connectivity index (χ3n) is 1.65. The van der Waals surface area contributed by atoms with Crippen molar-refractivity contribution in [2.75, 3.05) is 6.54 Å². The van der Waals surface area contributed by atoms with Gasteiger partial charge in [-0.15, -0.1) is 12.4 Å². The lowest BCUT2D eigenvalue weighted by atomic mass is 10.1. The van der Waals surface area contributed by atoms with Crippen molar-refractivity contribution >= 4 is 24.0 Å². The van der Waals surface area contributed by atoms with E-state index in [2.05, 4.69) is 10.0 Å². The highest BCUT2D eigenvalue weighted by atomic mass is 35.5. The van der Waals surface area contributed by atoms with E-state index in [0.29, 0.717) is 5.56 Å². The molecule has 0 amide bonds. The zero-order valence-electron chi connectivity index (χ0n) is 7.60. The molecule has 0 aliphatic heterocycles. The van der Waals surface area contributed by atoms with Gasteiger partial charge < -0.3 is 5.73 Å². The summed E-state index contributed by atoms with van der Waals surface area (Å²) in [4.78, 5) is 2.56. The SMILES string of the molecule is Cl.[N-]=[N+]=NC[C@@H](N)c1cc(F)cc(Cl)c1. The molecule has 0 aliphatic carbocycles. The molecule has 0 bridgehead atoms. The molecular formula is C8H9Cl2FN4. The van der Waals surface area contributed by atoms with Crippen molar-refractivity contribution in [2.45, 2.75) is 6.04 Å². The number of hydrogen-bond acceptors (Lipinski definition) is 2. The summed E-state index contributed by atoms with van der Waals surface area (Å²) in [6.07, 6.45) is 0. The maximum atomic E-state index is 12.9. The molecule has 2 N–H and O–H groups in total. The fraction of sp³-hybridized carbons (Fsp3) is 0.250. The lowest BCUT2D eigenvalue weighted by Gasteiger charge is -2.08. The van der Waals surface area contributed by atoms with Crippen molar-refractivity contribution < 1.29 is 4.39 Å². The molecule has 1 rings (SSSR count). The van der Waals surface area contributed by atoms with Crippen LogP contribution in [0.25, 0.3) is 10.4 Å². The zero-order valence-corrected chi connectivity index (χ0v) is 9.17. The number of halogens is 3. The molecule has 0 aromatic heterocycles. The Kier molecular flexibility index (Phi) is 6.05. The Labute approximate surface area is 97.3 Å². The summed E-state index contributed by atoms with van der Waals surface area (Å²) in [5.41, 5.74) is 14.2. The minimum absolute atomic E-state index is 0. The van der Waals surface area contributed by atoms with Gasteiger partial charge in [0.05, 0.1) is 0 Å². The van der Waals surface area contributed by atoms with Crippen molar-refractivity contribution in [3.05, 3.63) is 45.0 Å². The minimum atomic E-state index is -0.529. The number of rotatable bonds is 3. The molecule has 1 aromatic rings. The average Bonchev–Trinajstić information content (AvgIpc) is 2.12. The Hall–Kier alpha value is -1.00. The van der Waals surface area contributed by atoms with Crippen molar-refractivity contribution in [1.29, 1.82) is 0 Å². The molecule has 0 aliphatic rings. The Balaban J connectivity index is 0.00000196. The number of azide groups is 1. The van der Waals surface area contributed by atoms with E-state index >= 15 is 0 Å². The summed E-state index contributed by atoms with van der Waals surface area (Å²) >= 11 is 5.63. The number of nitrogens with zero attached hydrogens (tertiary/aromatic N) is 3. The Morgan fingerprint density at radius 1 is 1.53 bits per heavy atom. The summed E-state index contributed by atoms with van der Waals surface area (Å²) in [6.45, 7) is 0.0796. The highest BCUT2D eigenvalue weighted by molar-refractivity contribution is 6.30. The van der Waals surface area contributed by atoms with Crippen LogP contribution in [-0.2, 0) is 0 Å². The van der Waals surface area contributed by atoms with E-state index in [0.717, 1.165) is 0 Å². The summed E-state index contributed by atoms with van der Waals surface area (Å²) in [7, 11) is 0. The molecule has 0 radical (unpaired) electrons. The van der Waals surface area contributed by atoms with Gasteiger partial charge in [-0.05, 0) is 29.3 Å². The molecule has 0 heterocycles. The summed E-state index contributed by atoms with van der Waals surface area (Å²) in [5, 5.41) is 3.57. The average molecular weight is 251 g/mol. The smallest absolute Gasteiger partial charge is 0.125 e. The standard InChI is InChI=1S/C8H8ClFN4.ClH/c9-6-1-5(2-7(10)3-6)8(11)4-13-14-12;/h1-3,8H,4,11H2;1H/t8-;/m1./s1. The molecule has 4 nitrogen and oxygen atoms in total. The van der Waals surface area contributed by atoms with Crippen LogP contribution in [0.2, 0.25) is 5.02 Å². The quantitative estimate of drug-likeness (QED) is 0.499. The van der Waals surface area contributed by atoms with E-state index in [1.807, 2.05) is 0 Å². The van der Waals surface area contributed by atoms with Gasteiger partial charge in [0.15, 0.2) is 0 Å². The lowest BCUT2D eigenvalue weighted by Crippen LogP contribution is -2.13. The van der Waals surface area contributed by atoms with Crippen LogP contribution in [0.1, 0.15) is 11.6 Å². The van der Waals surface area contributed by atoms with Crippen molar-refractivity contribution in [2.24, 2.45) is 10.8 Å². The van der Waals surface area contributed by atoms with Crippen LogP contribution in [0.4, 0.5) is 4.39 Å². The summed E-state index contributed by atoms with van der Waals surface area (Å²) in [5.74, 6) is -0.455. The number of nitrogens with two attached hydrogens (primary N) is 1. The molecule has 7 heteroatoms. The van der Waals surface area contributed by atoms with Gasteiger partial charge in [-0.1, -0.05) is 16.7 Å². The monoisotopic (exact) mass is 250 g/mol. The van der Waals surface area contributed by atoms with Gasteiger partial charge in [0.2, 0.25) is 0 Å². The van der Waals surface area contributed by atoms with E-state index in [1.165, 1.54) is 12.1 Å². The maximum Gasteiger partial charge on any atom is 0.125 e. The Morgan fingerprint density at radius 3 is 2.73 bits per heavy atom. The molecule has 0 saturated heterocycles. The zero-order chi connectivity index (χ0) is 10.6. The van der Waals surface area contributed by atoms with Gasteiger partial charge in [0.25, 0.3) is 0 Å². The van der Waals surface area contributed by atoms with E-state index in [4.69, 9.17) is 22.9 Å². The fourth-order valence-corrected chi connectivity index (χ4v) is 1.25. The second-order valence-corrected chi connectivity index (χ2v) is 3.16. The predicted molar refractivity (Wildman–Crippen MR) is 59.6 cm³/mol. The first-order valence-electron chi connectivity index (χ1n) is 3.86. The second kappa shape index (κ2) is 6.48. The molecule has 0 saturated carbocycles. The summed E-state index contributed by atoms with van der Waals surface area (Å²) in [6, 6.07) is 3.47. The molecular weight excluding hydrogens is 242 g/mol. The van der Waals surface area contributed by atoms with E-state index in [-0.39, 0.29) is 24.0 Å². The second-order valence-electron chi connectivity index (χ2n) is 2.72. The molecule has 0 fully saturated rings. The molecule has 0 spiro atoms. The molecule has 1 aromatic carbocycles. The van der Waals surface area contributed by atoms with Crippen LogP contribution in [0.15, 0.2) is 23.3 Å². The van der Waals surface area contributed by atoms with Crippen LogP contribution in [0, 0.1) is 5.82 Å². The topological polar surface area (TPSA) is 74.8 Å². The minimum Gasteiger partial charge on any atom is -0.324 e. The Morgan fingerprint density at radius 2 is 2.20 bits per heavy atom. The van der Waals surface area contributed by atoms with Crippen molar-refractivity contribution in [3.63, 3.8) is 0 Å². The first-order valence-corrected chi connectivity index (χ1v) is 4.23. The fourth-order valence-electron chi connectivity index (χ4n) is 1.02. The largest absolute Gasteiger partial charge is 0.324 e. The molecule has 82 valence electrons. The molecule has 0 unspecified atom stereocenters. The van der Waals surface area contributed by atoms with Crippen molar-refractivity contribution in [1.82, 2.24) is 0 Å². The van der Waals surface area contributed by atoms with Crippen LogP contribution in [0.3, 0.4) is 0 Å². The Bertz CT molecular complexity index is 359. The van der Waals surface area contributed by atoms with Gasteiger partial charge >= 0.3 is 0 Å². The van der Waals surface area contributed by atoms with Crippen LogP contribution in [-0.4, -0.2) is 6.54 Å². The number of hydrogen-bond donors (Lipinski definition) is 1. The molecule has 15 heavy (non-hydrogen) atoms. The third-order valence-corrected chi connectivity index (χ3v) is 1.87.